The largest absolute Gasteiger partial charge is 0.476 e. The number of hydrogen-bond donors (Lipinski definition) is 1. The number of hydrogen-bond acceptors (Lipinski definition) is 3. The van der Waals surface area contributed by atoms with Gasteiger partial charge in [-0.25, -0.2) is 13.6 Å². The first kappa shape index (κ1) is 12.2. The molecule has 0 atom stereocenters. The van der Waals surface area contributed by atoms with Gasteiger partial charge in [0, 0.05) is 6.07 Å². The van der Waals surface area contributed by atoms with Crippen molar-refractivity contribution in [2.45, 2.75) is 13.3 Å². The topological polar surface area (TPSA) is 63.3 Å². The van der Waals surface area contributed by atoms with Crippen LogP contribution in [-0.2, 0) is 6.42 Å². The maximum atomic E-state index is 14.0. The van der Waals surface area contributed by atoms with Crippen LogP contribution in [0.3, 0.4) is 0 Å². The Balaban J connectivity index is 2.58. The highest BCUT2D eigenvalue weighted by Crippen LogP contribution is 2.29. The zero-order chi connectivity index (χ0) is 13.3. The highest BCUT2D eigenvalue weighted by atomic mass is 19.1. The summed E-state index contributed by atoms with van der Waals surface area (Å²) >= 11 is 0. The molecule has 0 fully saturated rings. The molecule has 0 aliphatic carbocycles. The van der Waals surface area contributed by atoms with E-state index in [9.17, 15) is 13.6 Å². The van der Waals surface area contributed by atoms with Crippen molar-refractivity contribution in [1.29, 1.82) is 0 Å². The van der Waals surface area contributed by atoms with Crippen LogP contribution in [-0.4, -0.2) is 16.2 Å². The Morgan fingerprint density at radius 1 is 1.44 bits per heavy atom. The number of carboxylic acids is 1. The Labute approximate surface area is 101 Å². The third-order valence-electron chi connectivity index (χ3n) is 2.53. The van der Waals surface area contributed by atoms with E-state index in [1.54, 1.807) is 6.92 Å². The minimum absolute atomic E-state index is 0.238. The Hall–Kier alpha value is -2.24. The number of carboxylic acid groups (broad SMARTS) is 1. The molecule has 0 radical (unpaired) electrons. The van der Waals surface area contributed by atoms with Gasteiger partial charge in [0.25, 0.3) is 0 Å². The number of halogens is 2. The molecular formula is C12H9F2NO3. The maximum Gasteiger partial charge on any atom is 0.358 e. The molecule has 1 aromatic heterocycles. The number of aromatic nitrogens is 1. The minimum Gasteiger partial charge on any atom is -0.476 e. The normalized spacial score (nSPS) is 10.6. The first-order valence-corrected chi connectivity index (χ1v) is 5.21. The Bertz CT molecular complexity index is 607. The van der Waals surface area contributed by atoms with Crippen molar-refractivity contribution >= 4 is 5.97 Å². The monoisotopic (exact) mass is 253 g/mol. The van der Waals surface area contributed by atoms with Gasteiger partial charge in [-0.15, -0.1) is 0 Å². The van der Waals surface area contributed by atoms with Crippen LogP contribution in [0.4, 0.5) is 8.78 Å². The first-order chi connectivity index (χ1) is 8.54. The molecule has 0 saturated heterocycles. The van der Waals surface area contributed by atoms with E-state index in [0.717, 1.165) is 12.1 Å². The van der Waals surface area contributed by atoms with E-state index in [1.807, 2.05) is 0 Å². The fraction of sp³-hybridized carbons (Fsp3) is 0.167. The Kier molecular flexibility index (Phi) is 3.10. The minimum atomic E-state index is -1.32. The molecule has 0 amide bonds. The number of aryl methyl sites for hydroxylation is 1. The molecule has 18 heavy (non-hydrogen) atoms. The molecule has 1 aromatic carbocycles. The summed E-state index contributed by atoms with van der Waals surface area (Å²) in [5.74, 6) is -3.14. The molecule has 6 heteroatoms. The average molecular weight is 253 g/mol. The summed E-state index contributed by atoms with van der Waals surface area (Å²) in [6, 6.07) is 3.44. The highest BCUT2D eigenvalue weighted by molar-refractivity contribution is 5.86. The summed E-state index contributed by atoms with van der Waals surface area (Å²) in [6.45, 7) is 1.73. The summed E-state index contributed by atoms with van der Waals surface area (Å²) in [4.78, 5) is 10.6. The lowest BCUT2D eigenvalue weighted by Crippen LogP contribution is -1.96. The van der Waals surface area contributed by atoms with Gasteiger partial charge in [-0.2, -0.15) is 0 Å². The smallest absolute Gasteiger partial charge is 0.358 e. The fourth-order valence-corrected chi connectivity index (χ4v) is 1.59. The van der Waals surface area contributed by atoms with E-state index in [1.165, 1.54) is 6.07 Å². The molecular weight excluding hydrogens is 244 g/mol. The number of rotatable bonds is 3. The maximum absolute atomic E-state index is 14.0. The average Bonchev–Trinajstić information content (AvgIpc) is 2.79. The van der Waals surface area contributed by atoms with Gasteiger partial charge in [0.15, 0.2) is 11.5 Å². The van der Waals surface area contributed by atoms with Crippen molar-refractivity contribution in [2.24, 2.45) is 0 Å². The number of nitrogens with zero attached hydrogens (tertiary/aromatic N) is 1. The molecule has 0 bridgehead atoms. The van der Waals surface area contributed by atoms with Gasteiger partial charge in [-0.05, 0) is 18.1 Å². The van der Waals surface area contributed by atoms with Gasteiger partial charge in [0.1, 0.15) is 11.6 Å². The van der Waals surface area contributed by atoms with Crippen molar-refractivity contribution in [3.8, 4) is 11.3 Å². The van der Waals surface area contributed by atoms with Crippen LogP contribution in [0, 0.1) is 11.6 Å². The van der Waals surface area contributed by atoms with Crippen LogP contribution in [0.2, 0.25) is 0 Å². The molecule has 0 aliphatic heterocycles. The lowest BCUT2D eigenvalue weighted by Gasteiger charge is -2.05. The number of carbonyl (C=O) groups is 1. The summed E-state index contributed by atoms with van der Waals surface area (Å²) in [5.41, 5.74) is -0.472. The predicted molar refractivity (Wildman–Crippen MR) is 58.2 cm³/mol. The quantitative estimate of drug-likeness (QED) is 0.913. The van der Waals surface area contributed by atoms with E-state index in [-0.39, 0.29) is 5.76 Å². The molecule has 0 saturated carbocycles. The molecule has 1 N–H and O–H groups in total. The van der Waals surface area contributed by atoms with Crippen LogP contribution >= 0.6 is 0 Å². The summed E-state index contributed by atoms with van der Waals surface area (Å²) in [7, 11) is 0. The van der Waals surface area contributed by atoms with Crippen molar-refractivity contribution < 1.29 is 23.2 Å². The molecule has 0 spiro atoms. The second kappa shape index (κ2) is 4.56. The third-order valence-corrected chi connectivity index (χ3v) is 2.53. The van der Waals surface area contributed by atoms with Crippen molar-refractivity contribution in [3.63, 3.8) is 0 Å². The third kappa shape index (κ3) is 1.97. The van der Waals surface area contributed by atoms with Crippen LogP contribution in [0.25, 0.3) is 11.3 Å². The van der Waals surface area contributed by atoms with Crippen LogP contribution in [0.1, 0.15) is 23.0 Å². The lowest BCUT2D eigenvalue weighted by molar-refractivity contribution is 0.0686. The zero-order valence-corrected chi connectivity index (χ0v) is 9.41. The van der Waals surface area contributed by atoms with E-state index >= 15 is 0 Å². The first-order valence-electron chi connectivity index (χ1n) is 5.21. The summed E-state index contributed by atoms with van der Waals surface area (Å²) < 4.78 is 32.2. The molecule has 0 aliphatic rings. The van der Waals surface area contributed by atoms with Crippen molar-refractivity contribution in [2.75, 3.05) is 0 Å². The number of aromatic carboxylic acids is 1. The van der Waals surface area contributed by atoms with Gasteiger partial charge in [0.2, 0.25) is 0 Å². The lowest BCUT2D eigenvalue weighted by atomic mass is 10.0. The number of benzene rings is 1. The molecule has 94 valence electrons. The van der Waals surface area contributed by atoms with Gasteiger partial charge in [-0.1, -0.05) is 18.1 Å². The van der Waals surface area contributed by atoms with E-state index < -0.39 is 28.9 Å². The molecule has 2 rings (SSSR count). The van der Waals surface area contributed by atoms with Gasteiger partial charge >= 0.3 is 5.97 Å². The van der Waals surface area contributed by atoms with E-state index in [2.05, 4.69) is 9.68 Å². The standard InChI is InChI=1S/C12H9F2NO3/c1-2-6-3-4-7(13)10(11(6)14)9-5-8(12(16)17)15-18-9/h3-5H,2H2,1H3,(H,16,17). The molecule has 0 unspecified atom stereocenters. The van der Waals surface area contributed by atoms with Crippen molar-refractivity contribution in [3.05, 3.63) is 41.1 Å². The van der Waals surface area contributed by atoms with E-state index in [0.29, 0.717) is 12.0 Å². The van der Waals surface area contributed by atoms with Gasteiger partial charge in [0.05, 0.1) is 5.56 Å². The van der Waals surface area contributed by atoms with Crippen molar-refractivity contribution in [1.82, 2.24) is 5.16 Å². The molecule has 4 nitrogen and oxygen atoms in total. The summed E-state index contributed by atoms with van der Waals surface area (Å²) in [5, 5.41) is 11.9. The Morgan fingerprint density at radius 3 is 2.72 bits per heavy atom. The van der Waals surface area contributed by atoms with Crippen LogP contribution in [0.15, 0.2) is 22.7 Å². The second-order valence-electron chi connectivity index (χ2n) is 3.63. The van der Waals surface area contributed by atoms with Crippen LogP contribution < -0.4 is 0 Å². The van der Waals surface area contributed by atoms with Crippen LogP contribution in [0.5, 0.6) is 0 Å². The summed E-state index contributed by atoms with van der Waals surface area (Å²) in [6.07, 6.45) is 0.388. The molecule has 2 aromatic rings. The SMILES string of the molecule is CCc1ccc(F)c(-c2cc(C(=O)O)no2)c1F. The fourth-order valence-electron chi connectivity index (χ4n) is 1.59. The van der Waals surface area contributed by atoms with Gasteiger partial charge < -0.3 is 9.63 Å². The molecule has 1 heterocycles. The second-order valence-corrected chi connectivity index (χ2v) is 3.63. The Morgan fingerprint density at radius 2 is 2.17 bits per heavy atom. The van der Waals surface area contributed by atoms with E-state index in [4.69, 9.17) is 5.11 Å². The predicted octanol–water partition coefficient (Wildman–Crippen LogP) is 2.88. The highest BCUT2D eigenvalue weighted by Gasteiger charge is 2.20. The zero-order valence-electron chi connectivity index (χ0n) is 9.41. The van der Waals surface area contributed by atoms with Gasteiger partial charge in [-0.3, -0.25) is 0 Å².